The number of ether oxygens (including phenoxy) is 1. The van der Waals surface area contributed by atoms with Gasteiger partial charge in [0.15, 0.2) is 0 Å². The Labute approximate surface area is 180 Å². The zero-order chi connectivity index (χ0) is 20.4. The lowest BCUT2D eigenvalue weighted by molar-refractivity contribution is -0.112. The van der Waals surface area contributed by atoms with E-state index in [2.05, 4.69) is 33.8 Å². The van der Waals surface area contributed by atoms with Crippen LogP contribution in [0.2, 0.25) is 0 Å². The third-order valence-corrected chi connectivity index (χ3v) is 6.52. The quantitative estimate of drug-likeness (QED) is 0.599. The van der Waals surface area contributed by atoms with Crippen molar-refractivity contribution in [3.05, 3.63) is 51.1 Å². The molecule has 2 heterocycles. The van der Waals surface area contributed by atoms with E-state index in [1.165, 1.54) is 5.56 Å². The third-order valence-electron chi connectivity index (χ3n) is 5.67. The van der Waals surface area contributed by atoms with Gasteiger partial charge >= 0.3 is 5.91 Å². The molecule has 0 bridgehead atoms. The Balaban J connectivity index is 1.74. The number of nitrogens with zero attached hydrogens (tertiary/aromatic N) is 2. The summed E-state index contributed by atoms with van der Waals surface area (Å²) in [5.41, 5.74) is 5.30. The smallest absolute Gasteiger partial charge is 0.308 e. The molecule has 150 valence electrons. The Morgan fingerprint density at radius 2 is 1.97 bits per heavy atom. The topological polar surface area (TPSA) is 42.4 Å². The number of carbonyl (C=O) groups excluding carboxylic acids is 1. The average molecular weight is 453 g/mol. The molecule has 1 aromatic carbocycles. The van der Waals surface area contributed by atoms with Crippen LogP contribution in [0.15, 0.2) is 28.7 Å². The molecule has 2 aliphatic rings. The number of aromatic nitrogens is 1. The molecule has 0 spiro atoms. The lowest BCUT2D eigenvalue weighted by atomic mass is 10.0. The number of halogens is 1. The number of pyridine rings is 1. The minimum absolute atomic E-state index is 0.218. The van der Waals surface area contributed by atoms with Crippen molar-refractivity contribution in [2.24, 2.45) is 5.92 Å². The first kappa shape index (κ1) is 20.1. The number of hydrogen-bond donors (Lipinski definition) is 0. The summed E-state index contributed by atoms with van der Waals surface area (Å²) in [6.45, 7) is 5.47. The van der Waals surface area contributed by atoms with E-state index in [1.807, 2.05) is 32.0 Å². The van der Waals surface area contributed by atoms with E-state index in [0.29, 0.717) is 19.0 Å². The van der Waals surface area contributed by atoms with Crippen molar-refractivity contribution in [3.63, 3.8) is 0 Å². The lowest BCUT2D eigenvalue weighted by Crippen LogP contribution is -2.27. The summed E-state index contributed by atoms with van der Waals surface area (Å²) >= 11 is 3.59. The molecule has 1 aliphatic heterocycles. The van der Waals surface area contributed by atoms with Crippen molar-refractivity contribution in [1.29, 1.82) is 0 Å². The van der Waals surface area contributed by atoms with Gasteiger partial charge in [0.25, 0.3) is 0 Å². The van der Waals surface area contributed by atoms with Crippen molar-refractivity contribution in [3.8, 4) is 11.8 Å². The summed E-state index contributed by atoms with van der Waals surface area (Å²) in [7, 11) is 0. The van der Waals surface area contributed by atoms with Gasteiger partial charge in [0.1, 0.15) is 5.82 Å². The van der Waals surface area contributed by atoms with Crippen molar-refractivity contribution in [1.82, 2.24) is 4.98 Å². The Bertz CT molecular complexity index is 1000. The minimum atomic E-state index is -0.230. The van der Waals surface area contributed by atoms with E-state index in [-0.39, 0.29) is 11.8 Å². The molecule has 1 saturated heterocycles. The number of fused-ring (bicyclic) bond motifs is 1. The van der Waals surface area contributed by atoms with E-state index in [1.54, 1.807) is 4.90 Å². The summed E-state index contributed by atoms with van der Waals surface area (Å²) in [4.78, 5) is 19.8. The highest BCUT2D eigenvalue weighted by Crippen LogP contribution is 2.33. The van der Waals surface area contributed by atoms with E-state index >= 15 is 0 Å². The van der Waals surface area contributed by atoms with E-state index < -0.39 is 0 Å². The fourth-order valence-electron chi connectivity index (χ4n) is 3.94. The summed E-state index contributed by atoms with van der Waals surface area (Å²) in [6, 6.07) is 8.14. The van der Waals surface area contributed by atoms with E-state index in [9.17, 15) is 4.79 Å². The fourth-order valence-corrected chi connectivity index (χ4v) is 4.40. The second-order valence-corrected chi connectivity index (χ2v) is 8.67. The maximum absolute atomic E-state index is 13.3. The summed E-state index contributed by atoms with van der Waals surface area (Å²) < 4.78 is 6.43. The lowest BCUT2D eigenvalue weighted by Gasteiger charge is -2.23. The zero-order valence-electron chi connectivity index (χ0n) is 16.9. The maximum Gasteiger partial charge on any atom is 0.308 e. The molecule has 4 rings (SSSR count). The van der Waals surface area contributed by atoms with Crippen LogP contribution < -0.4 is 4.90 Å². The monoisotopic (exact) mass is 452 g/mol. The fraction of sp³-hybridized carbons (Fsp3) is 0.417. The van der Waals surface area contributed by atoms with Crippen LogP contribution in [0.5, 0.6) is 0 Å². The van der Waals surface area contributed by atoms with Gasteiger partial charge in [0, 0.05) is 29.3 Å². The third kappa shape index (κ3) is 4.39. The second-order valence-electron chi connectivity index (χ2n) is 7.81. The van der Waals surface area contributed by atoms with Crippen molar-refractivity contribution >= 4 is 33.3 Å². The number of benzene rings is 1. The molecule has 5 heteroatoms. The number of hydrogen-bond acceptors (Lipinski definition) is 3. The van der Waals surface area contributed by atoms with Crippen LogP contribution in [0.4, 0.5) is 11.5 Å². The predicted molar refractivity (Wildman–Crippen MR) is 118 cm³/mol. The van der Waals surface area contributed by atoms with Gasteiger partial charge < -0.3 is 4.74 Å². The Morgan fingerprint density at radius 1 is 1.17 bits per heavy atom. The largest absolute Gasteiger partial charge is 0.381 e. The molecule has 29 heavy (non-hydrogen) atoms. The SMILES string of the molecule is Cc1cc(N(C(=O)C#CC2CCOCC2)c2ccc3c(n2)CCC3)c(C)cc1Br. The molecule has 0 radical (unpaired) electrons. The molecule has 1 aliphatic carbocycles. The van der Waals surface area contributed by atoms with E-state index in [0.717, 1.165) is 59.1 Å². The number of rotatable bonds is 2. The highest BCUT2D eigenvalue weighted by atomic mass is 79.9. The highest BCUT2D eigenvalue weighted by Gasteiger charge is 2.23. The Kier molecular flexibility index (Phi) is 6.03. The van der Waals surface area contributed by atoms with Gasteiger partial charge in [-0.1, -0.05) is 27.9 Å². The van der Waals surface area contributed by atoms with Gasteiger partial charge in [-0.05, 0) is 86.8 Å². The minimum Gasteiger partial charge on any atom is -0.381 e. The molecule has 4 nitrogen and oxygen atoms in total. The van der Waals surface area contributed by atoms with Crippen LogP contribution in [-0.2, 0) is 22.4 Å². The van der Waals surface area contributed by atoms with Crippen LogP contribution in [0.3, 0.4) is 0 Å². The summed E-state index contributed by atoms with van der Waals surface area (Å²) in [6.07, 6.45) is 4.93. The first-order chi connectivity index (χ1) is 14.0. The molecule has 0 N–H and O–H groups in total. The standard InChI is InChI=1S/C24H25BrN2O2/c1-16-15-22(17(2)14-20(16)25)27(23-8-7-19-4-3-5-21(19)26-23)24(28)9-6-18-10-12-29-13-11-18/h7-8,14-15,18H,3-5,10-13H2,1-2H3. The molecular weight excluding hydrogens is 428 g/mol. The molecule has 0 saturated carbocycles. The molecule has 2 aromatic rings. The molecule has 1 aromatic heterocycles. The molecule has 1 amide bonds. The maximum atomic E-state index is 13.3. The molecule has 0 unspecified atom stereocenters. The number of carbonyl (C=O) groups is 1. The highest BCUT2D eigenvalue weighted by molar-refractivity contribution is 9.10. The predicted octanol–water partition coefficient (Wildman–Crippen LogP) is 5.04. The van der Waals surface area contributed by atoms with Gasteiger partial charge in [-0.2, -0.15) is 0 Å². The summed E-state index contributed by atoms with van der Waals surface area (Å²) in [5.74, 6) is 6.73. The van der Waals surface area contributed by atoms with Gasteiger partial charge in [0.2, 0.25) is 0 Å². The van der Waals surface area contributed by atoms with Crippen LogP contribution in [0, 0.1) is 31.6 Å². The van der Waals surface area contributed by atoms with E-state index in [4.69, 9.17) is 9.72 Å². The number of aryl methyl sites for hydroxylation is 4. The molecular formula is C24H25BrN2O2. The van der Waals surface area contributed by atoms with Crippen LogP contribution in [-0.4, -0.2) is 24.1 Å². The van der Waals surface area contributed by atoms with Crippen molar-refractivity contribution < 1.29 is 9.53 Å². The molecule has 1 fully saturated rings. The zero-order valence-corrected chi connectivity index (χ0v) is 18.5. The van der Waals surface area contributed by atoms with Crippen molar-refractivity contribution in [2.45, 2.75) is 46.0 Å². The number of amides is 1. The average Bonchev–Trinajstić information content (AvgIpc) is 3.19. The van der Waals surface area contributed by atoms with Gasteiger partial charge in [-0.3, -0.25) is 9.69 Å². The number of anilines is 2. The van der Waals surface area contributed by atoms with Crippen LogP contribution in [0.25, 0.3) is 0 Å². The second kappa shape index (κ2) is 8.69. The van der Waals surface area contributed by atoms with Gasteiger partial charge in [0.05, 0.1) is 5.69 Å². The van der Waals surface area contributed by atoms with Crippen molar-refractivity contribution in [2.75, 3.05) is 18.1 Å². The Hall–Kier alpha value is -2.16. The van der Waals surface area contributed by atoms with Crippen LogP contribution in [0.1, 0.15) is 41.6 Å². The molecule has 0 atom stereocenters. The first-order valence-corrected chi connectivity index (χ1v) is 11.0. The van der Waals surface area contributed by atoms with Gasteiger partial charge in [-0.25, -0.2) is 4.98 Å². The van der Waals surface area contributed by atoms with Crippen LogP contribution >= 0.6 is 15.9 Å². The van der Waals surface area contributed by atoms with Gasteiger partial charge in [-0.15, -0.1) is 0 Å². The Morgan fingerprint density at radius 3 is 2.76 bits per heavy atom. The normalized spacial score (nSPS) is 16.1. The first-order valence-electron chi connectivity index (χ1n) is 10.2. The summed E-state index contributed by atoms with van der Waals surface area (Å²) in [5, 5.41) is 0.